The lowest BCUT2D eigenvalue weighted by Gasteiger charge is -2.45. The summed E-state index contributed by atoms with van der Waals surface area (Å²) < 4.78 is 30.9. The summed E-state index contributed by atoms with van der Waals surface area (Å²) in [6.07, 6.45) is 5.95. The van der Waals surface area contributed by atoms with Crippen LogP contribution in [0.3, 0.4) is 0 Å². The van der Waals surface area contributed by atoms with E-state index < -0.39 is 9.84 Å². The SMILES string of the molecule is CC(C)N1CCC2(CCc3cc(-c4ccc(CS(=O)(=O)C(C)C)cn4)ccc3O2)CC1. The summed E-state index contributed by atoms with van der Waals surface area (Å²) in [6, 6.07) is 10.7. The molecule has 2 aliphatic rings. The van der Waals surface area contributed by atoms with Crippen LogP contribution in [0.4, 0.5) is 0 Å². The molecule has 1 saturated heterocycles. The van der Waals surface area contributed by atoms with Crippen LogP contribution in [0.25, 0.3) is 11.3 Å². The third-order valence-corrected chi connectivity index (χ3v) is 9.06. The van der Waals surface area contributed by atoms with Gasteiger partial charge in [0.15, 0.2) is 9.84 Å². The van der Waals surface area contributed by atoms with Crippen LogP contribution < -0.4 is 4.74 Å². The van der Waals surface area contributed by atoms with E-state index in [0.717, 1.165) is 61.3 Å². The van der Waals surface area contributed by atoms with E-state index in [-0.39, 0.29) is 16.6 Å². The zero-order chi connectivity index (χ0) is 22.2. The van der Waals surface area contributed by atoms with Crippen molar-refractivity contribution < 1.29 is 13.2 Å². The summed E-state index contributed by atoms with van der Waals surface area (Å²) >= 11 is 0. The predicted octanol–water partition coefficient (Wildman–Crippen LogP) is 4.64. The van der Waals surface area contributed by atoms with Gasteiger partial charge in [-0.1, -0.05) is 6.07 Å². The van der Waals surface area contributed by atoms with Gasteiger partial charge in [0.2, 0.25) is 0 Å². The first-order chi connectivity index (χ1) is 14.7. The van der Waals surface area contributed by atoms with Crippen molar-refractivity contribution >= 4 is 9.84 Å². The fourth-order valence-corrected chi connectivity index (χ4v) is 5.53. The van der Waals surface area contributed by atoms with Gasteiger partial charge < -0.3 is 9.64 Å². The molecule has 0 N–H and O–H groups in total. The molecule has 31 heavy (non-hydrogen) atoms. The molecule has 3 heterocycles. The van der Waals surface area contributed by atoms with Crippen molar-refractivity contribution in [2.45, 2.75) is 76.0 Å². The maximum Gasteiger partial charge on any atom is 0.156 e. The lowest BCUT2D eigenvalue weighted by molar-refractivity contribution is -0.0211. The number of nitrogens with zero attached hydrogens (tertiary/aromatic N) is 2. The number of ether oxygens (including phenoxy) is 1. The van der Waals surface area contributed by atoms with Crippen molar-refractivity contribution in [1.82, 2.24) is 9.88 Å². The van der Waals surface area contributed by atoms with Crippen LogP contribution in [0.5, 0.6) is 5.75 Å². The number of fused-ring (bicyclic) bond motifs is 1. The van der Waals surface area contributed by atoms with Crippen LogP contribution in [0.2, 0.25) is 0 Å². The number of rotatable bonds is 5. The highest BCUT2D eigenvalue weighted by atomic mass is 32.2. The maximum atomic E-state index is 12.1. The lowest BCUT2D eigenvalue weighted by atomic mass is 9.82. The van der Waals surface area contributed by atoms with E-state index in [4.69, 9.17) is 4.74 Å². The van der Waals surface area contributed by atoms with Crippen molar-refractivity contribution in [1.29, 1.82) is 0 Å². The zero-order valence-corrected chi connectivity index (χ0v) is 19.9. The Balaban J connectivity index is 1.46. The minimum absolute atomic E-state index is 0.0122. The first-order valence-electron chi connectivity index (χ1n) is 11.4. The molecule has 0 unspecified atom stereocenters. The molecule has 0 bridgehead atoms. The van der Waals surface area contributed by atoms with E-state index in [2.05, 4.69) is 41.9 Å². The fourth-order valence-electron chi connectivity index (χ4n) is 4.56. The molecule has 0 atom stereocenters. The van der Waals surface area contributed by atoms with E-state index >= 15 is 0 Å². The van der Waals surface area contributed by atoms with Crippen LogP contribution in [0, 0.1) is 0 Å². The van der Waals surface area contributed by atoms with Gasteiger partial charge in [0.1, 0.15) is 11.4 Å². The van der Waals surface area contributed by atoms with E-state index in [9.17, 15) is 8.42 Å². The Bertz CT molecular complexity index is 1020. The molecule has 2 aromatic rings. The van der Waals surface area contributed by atoms with Crippen LogP contribution >= 0.6 is 0 Å². The summed E-state index contributed by atoms with van der Waals surface area (Å²) in [5.74, 6) is 1.04. The molecule has 0 radical (unpaired) electrons. The van der Waals surface area contributed by atoms with Gasteiger partial charge in [0.25, 0.3) is 0 Å². The molecule has 4 rings (SSSR count). The molecule has 1 fully saturated rings. The number of hydrogen-bond acceptors (Lipinski definition) is 5. The molecule has 1 aromatic heterocycles. The first-order valence-corrected chi connectivity index (χ1v) is 13.1. The maximum absolute atomic E-state index is 12.1. The van der Waals surface area contributed by atoms with Gasteiger partial charge in [-0.05, 0) is 88.8 Å². The standard InChI is InChI=1S/C25H34N2O3S/c1-18(2)27-13-11-25(12-14-27)10-9-22-15-21(6-8-24(22)30-25)23-7-5-20(16-26-23)17-31(28,29)19(3)4/h5-8,15-16,18-19H,9-14,17H2,1-4H3. The number of hydrogen-bond donors (Lipinski definition) is 0. The third-order valence-electron chi connectivity index (χ3n) is 6.88. The highest BCUT2D eigenvalue weighted by Gasteiger charge is 2.39. The average molecular weight is 443 g/mol. The minimum Gasteiger partial charge on any atom is -0.487 e. The number of piperidine rings is 1. The van der Waals surface area contributed by atoms with Gasteiger partial charge >= 0.3 is 0 Å². The largest absolute Gasteiger partial charge is 0.487 e. The minimum atomic E-state index is -3.12. The van der Waals surface area contributed by atoms with Gasteiger partial charge in [0.05, 0.1) is 16.7 Å². The molecule has 0 saturated carbocycles. The monoisotopic (exact) mass is 442 g/mol. The predicted molar refractivity (Wildman–Crippen MR) is 125 cm³/mol. The number of sulfone groups is 1. The van der Waals surface area contributed by atoms with Crippen molar-refractivity contribution in [2.75, 3.05) is 13.1 Å². The number of pyridine rings is 1. The fraction of sp³-hybridized carbons (Fsp3) is 0.560. The van der Waals surface area contributed by atoms with Crippen LogP contribution in [-0.2, 0) is 22.0 Å². The smallest absolute Gasteiger partial charge is 0.156 e. The molecular weight excluding hydrogens is 408 g/mol. The van der Waals surface area contributed by atoms with Gasteiger partial charge in [-0.2, -0.15) is 0 Å². The summed E-state index contributed by atoms with van der Waals surface area (Å²) in [5.41, 5.74) is 3.86. The van der Waals surface area contributed by atoms with Crippen molar-refractivity contribution in [3.63, 3.8) is 0 Å². The van der Waals surface area contributed by atoms with E-state index in [0.29, 0.717) is 6.04 Å². The molecule has 168 valence electrons. The molecule has 6 heteroatoms. The summed E-state index contributed by atoms with van der Waals surface area (Å²) in [5, 5.41) is -0.381. The first kappa shape index (κ1) is 22.3. The molecule has 0 aliphatic carbocycles. The Hall–Kier alpha value is -1.92. The average Bonchev–Trinajstić information content (AvgIpc) is 2.74. The van der Waals surface area contributed by atoms with Crippen molar-refractivity contribution in [3.8, 4) is 17.0 Å². The van der Waals surface area contributed by atoms with Crippen LogP contribution in [0.15, 0.2) is 36.5 Å². The van der Waals surface area contributed by atoms with Gasteiger partial charge in [-0.3, -0.25) is 4.98 Å². The van der Waals surface area contributed by atoms with Crippen LogP contribution in [-0.4, -0.2) is 48.3 Å². The van der Waals surface area contributed by atoms with Crippen molar-refractivity contribution in [2.24, 2.45) is 0 Å². The van der Waals surface area contributed by atoms with E-state index in [1.54, 1.807) is 20.0 Å². The normalized spacial score (nSPS) is 18.9. The van der Waals surface area contributed by atoms with Crippen LogP contribution in [0.1, 0.15) is 58.1 Å². The van der Waals surface area contributed by atoms with E-state index in [1.807, 2.05) is 12.1 Å². The Morgan fingerprint density at radius 3 is 2.42 bits per heavy atom. The van der Waals surface area contributed by atoms with Crippen molar-refractivity contribution in [3.05, 3.63) is 47.7 Å². The highest BCUT2D eigenvalue weighted by molar-refractivity contribution is 7.91. The highest BCUT2D eigenvalue weighted by Crippen LogP contribution is 2.40. The summed E-state index contributed by atoms with van der Waals surface area (Å²) in [7, 11) is -3.12. The van der Waals surface area contributed by atoms with Gasteiger partial charge in [-0.15, -0.1) is 0 Å². The number of aryl methyl sites for hydroxylation is 1. The molecule has 5 nitrogen and oxygen atoms in total. The third kappa shape index (κ3) is 4.80. The number of likely N-dealkylation sites (tertiary alicyclic amines) is 1. The molecule has 1 spiro atoms. The van der Waals surface area contributed by atoms with E-state index in [1.165, 1.54) is 5.56 Å². The quantitative estimate of drug-likeness (QED) is 0.675. The Morgan fingerprint density at radius 1 is 1.06 bits per heavy atom. The number of benzene rings is 1. The Kier molecular flexibility index (Phi) is 6.14. The second-order valence-corrected chi connectivity index (χ2v) is 12.2. The molecule has 1 aromatic carbocycles. The molecule has 2 aliphatic heterocycles. The topological polar surface area (TPSA) is 59.5 Å². The summed E-state index contributed by atoms with van der Waals surface area (Å²) in [4.78, 5) is 7.08. The second-order valence-electron chi connectivity index (χ2n) is 9.64. The summed E-state index contributed by atoms with van der Waals surface area (Å²) in [6.45, 7) is 10.2. The molecule has 0 amide bonds. The Labute approximate surface area is 186 Å². The van der Waals surface area contributed by atoms with Gasteiger partial charge in [-0.25, -0.2) is 8.42 Å². The zero-order valence-electron chi connectivity index (χ0n) is 19.1. The second kappa shape index (κ2) is 8.55. The number of aromatic nitrogens is 1. The Morgan fingerprint density at radius 2 is 1.81 bits per heavy atom. The molecular formula is C25H34N2O3S. The van der Waals surface area contributed by atoms with Gasteiger partial charge in [0, 0.05) is 30.9 Å². The lowest BCUT2D eigenvalue weighted by Crippen LogP contribution is -2.51.